The number of H-pyrrole nitrogens is 1. The molecule has 0 atom stereocenters. The molecule has 1 N–H and O–H groups in total. The van der Waals surface area contributed by atoms with E-state index in [1.807, 2.05) is 12.3 Å². The predicted molar refractivity (Wildman–Crippen MR) is 71.0 cm³/mol. The Hall–Kier alpha value is -1.38. The third-order valence-electron chi connectivity index (χ3n) is 3.10. The molecule has 0 bridgehead atoms. The molecule has 0 radical (unpaired) electrons. The highest BCUT2D eigenvalue weighted by atomic mass is 14.9. The SMILES string of the molecule is CCCCCCCCc1nc2ccncc2[nH]1. The van der Waals surface area contributed by atoms with Crippen LogP contribution in [0.15, 0.2) is 18.5 Å². The quantitative estimate of drug-likeness (QED) is 0.735. The van der Waals surface area contributed by atoms with Crippen molar-refractivity contribution in [2.75, 3.05) is 0 Å². The summed E-state index contributed by atoms with van der Waals surface area (Å²) in [6.07, 6.45) is 12.7. The van der Waals surface area contributed by atoms with Crippen LogP contribution in [0.5, 0.6) is 0 Å². The van der Waals surface area contributed by atoms with Crippen LogP contribution in [0.2, 0.25) is 0 Å². The lowest BCUT2D eigenvalue weighted by atomic mass is 10.1. The first-order chi connectivity index (χ1) is 8.40. The van der Waals surface area contributed by atoms with Crippen molar-refractivity contribution in [2.45, 2.75) is 51.9 Å². The Bertz CT molecular complexity index is 414. The lowest BCUT2D eigenvalue weighted by molar-refractivity contribution is 0.602. The second kappa shape index (κ2) is 6.38. The van der Waals surface area contributed by atoms with Crippen molar-refractivity contribution in [3.8, 4) is 0 Å². The Kier molecular flexibility index (Phi) is 4.54. The van der Waals surface area contributed by atoms with Gasteiger partial charge < -0.3 is 4.98 Å². The molecule has 2 heterocycles. The number of rotatable bonds is 7. The molecule has 0 aliphatic carbocycles. The molecule has 0 fully saturated rings. The fourth-order valence-electron chi connectivity index (χ4n) is 2.10. The number of hydrogen-bond donors (Lipinski definition) is 1. The molecule has 92 valence electrons. The van der Waals surface area contributed by atoms with Gasteiger partial charge in [-0.2, -0.15) is 0 Å². The van der Waals surface area contributed by atoms with Gasteiger partial charge in [0.2, 0.25) is 0 Å². The molecule has 0 saturated heterocycles. The Balaban J connectivity index is 1.75. The lowest BCUT2D eigenvalue weighted by Gasteiger charge is -1.98. The van der Waals surface area contributed by atoms with Crippen molar-refractivity contribution in [1.29, 1.82) is 0 Å². The zero-order valence-corrected chi connectivity index (χ0v) is 10.6. The maximum Gasteiger partial charge on any atom is 0.107 e. The third-order valence-corrected chi connectivity index (χ3v) is 3.10. The molecular formula is C14H21N3. The first-order valence-electron chi connectivity index (χ1n) is 6.68. The van der Waals surface area contributed by atoms with E-state index in [0.717, 1.165) is 23.3 Å². The van der Waals surface area contributed by atoms with Gasteiger partial charge in [0.1, 0.15) is 5.82 Å². The van der Waals surface area contributed by atoms with Gasteiger partial charge in [-0.3, -0.25) is 4.98 Å². The van der Waals surface area contributed by atoms with Crippen LogP contribution in [-0.4, -0.2) is 15.0 Å². The topological polar surface area (TPSA) is 41.6 Å². The average Bonchev–Trinajstić information content (AvgIpc) is 2.76. The van der Waals surface area contributed by atoms with Crippen LogP contribution >= 0.6 is 0 Å². The van der Waals surface area contributed by atoms with Gasteiger partial charge in [0, 0.05) is 12.6 Å². The fraction of sp³-hybridized carbons (Fsp3) is 0.571. The number of nitrogens with zero attached hydrogens (tertiary/aromatic N) is 2. The van der Waals surface area contributed by atoms with E-state index in [2.05, 4.69) is 21.9 Å². The van der Waals surface area contributed by atoms with Gasteiger partial charge in [0.15, 0.2) is 0 Å². The molecular weight excluding hydrogens is 210 g/mol. The number of aryl methyl sites for hydroxylation is 1. The Morgan fingerprint density at radius 3 is 2.76 bits per heavy atom. The predicted octanol–water partition coefficient (Wildman–Crippen LogP) is 3.86. The highest BCUT2D eigenvalue weighted by Crippen LogP contribution is 2.12. The van der Waals surface area contributed by atoms with Crippen molar-refractivity contribution >= 4 is 11.0 Å². The van der Waals surface area contributed by atoms with Crippen molar-refractivity contribution in [3.05, 3.63) is 24.3 Å². The van der Waals surface area contributed by atoms with Gasteiger partial charge in [-0.1, -0.05) is 39.0 Å². The molecule has 0 saturated carbocycles. The van der Waals surface area contributed by atoms with Crippen LogP contribution in [0.25, 0.3) is 11.0 Å². The number of unbranched alkanes of at least 4 members (excludes halogenated alkanes) is 5. The van der Waals surface area contributed by atoms with Gasteiger partial charge in [-0.05, 0) is 12.5 Å². The largest absolute Gasteiger partial charge is 0.341 e. The first-order valence-corrected chi connectivity index (χ1v) is 6.68. The summed E-state index contributed by atoms with van der Waals surface area (Å²) < 4.78 is 0. The van der Waals surface area contributed by atoms with E-state index in [-0.39, 0.29) is 0 Å². The van der Waals surface area contributed by atoms with Gasteiger partial charge in [0.25, 0.3) is 0 Å². The smallest absolute Gasteiger partial charge is 0.107 e. The van der Waals surface area contributed by atoms with E-state index in [1.165, 1.54) is 38.5 Å². The number of hydrogen-bond acceptors (Lipinski definition) is 2. The number of aromatic nitrogens is 3. The number of fused-ring (bicyclic) bond motifs is 1. The molecule has 17 heavy (non-hydrogen) atoms. The zero-order valence-electron chi connectivity index (χ0n) is 10.6. The number of pyridine rings is 1. The molecule has 0 aromatic carbocycles. The Morgan fingerprint density at radius 2 is 1.94 bits per heavy atom. The van der Waals surface area contributed by atoms with Crippen LogP contribution in [0, 0.1) is 0 Å². The standard InChI is InChI=1S/C14H21N3/c1-2-3-4-5-6-7-8-14-16-12-9-10-15-11-13(12)17-14/h9-11H,2-8H2,1H3,(H,16,17). The summed E-state index contributed by atoms with van der Waals surface area (Å²) in [5, 5.41) is 0. The van der Waals surface area contributed by atoms with Crippen molar-refractivity contribution in [3.63, 3.8) is 0 Å². The summed E-state index contributed by atoms with van der Waals surface area (Å²) in [6.45, 7) is 2.25. The van der Waals surface area contributed by atoms with Crippen LogP contribution in [0.4, 0.5) is 0 Å². The summed E-state index contributed by atoms with van der Waals surface area (Å²) in [5.74, 6) is 1.10. The summed E-state index contributed by atoms with van der Waals surface area (Å²) in [4.78, 5) is 12.0. The monoisotopic (exact) mass is 231 g/mol. The molecule has 0 spiro atoms. The second-order valence-electron chi connectivity index (χ2n) is 4.59. The van der Waals surface area contributed by atoms with Crippen LogP contribution in [0.3, 0.4) is 0 Å². The summed E-state index contributed by atoms with van der Waals surface area (Å²) in [7, 11) is 0. The first kappa shape index (κ1) is 12.1. The van der Waals surface area contributed by atoms with E-state index in [4.69, 9.17) is 0 Å². The van der Waals surface area contributed by atoms with Crippen LogP contribution < -0.4 is 0 Å². The van der Waals surface area contributed by atoms with Gasteiger partial charge in [-0.25, -0.2) is 4.98 Å². The van der Waals surface area contributed by atoms with Crippen LogP contribution in [0.1, 0.15) is 51.3 Å². The fourth-order valence-corrected chi connectivity index (χ4v) is 2.10. The number of imidazole rings is 1. The molecule has 2 aromatic heterocycles. The molecule has 2 rings (SSSR count). The Morgan fingerprint density at radius 1 is 1.12 bits per heavy atom. The molecule has 2 aromatic rings. The van der Waals surface area contributed by atoms with Gasteiger partial charge >= 0.3 is 0 Å². The molecule has 3 nitrogen and oxygen atoms in total. The molecule has 3 heteroatoms. The highest BCUT2D eigenvalue weighted by Gasteiger charge is 2.01. The van der Waals surface area contributed by atoms with Crippen molar-refractivity contribution in [2.24, 2.45) is 0 Å². The summed E-state index contributed by atoms with van der Waals surface area (Å²) >= 11 is 0. The van der Waals surface area contributed by atoms with Gasteiger partial charge in [0.05, 0.1) is 17.2 Å². The molecule has 0 aliphatic heterocycles. The maximum absolute atomic E-state index is 4.55. The Labute approximate surface area is 103 Å². The van der Waals surface area contributed by atoms with E-state index in [9.17, 15) is 0 Å². The van der Waals surface area contributed by atoms with E-state index >= 15 is 0 Å². The minimum Gasteiger partial charge on any atom is -0.341 e. The maximum atomic E-state index is 4.55. The van der Waals surface area contributed by atoms with E-state index < -0.39 is 0 Å². The van der Waals surface area contributed by atoms with Crippen molar-refractivity contribution in [1.82, 2.24) is 15.0 Å². The third kappa shape index (κ3) is 3.55. The van der Waals surface area contributed by atoms with E-state index in [0.29, 0.717) is 0 Å². The summed E-state index contributed by atoms with van der Waals surface area (Å²) in [5.41, 5.74) is 2.08. The second-order valence-corrected chi connectivity index (χ2v) is 4.59. The number of nitrogens with one attached hydrogen (secondary N) is 1. The van der Waals surface area contributed by atoms with Crippen LogP contribution in [-0.2, 0) is 6.42 Å². The molecule has 0 amide bonds. The molecule has 0 aliphatic rings. The number of aromatic amines is 1. The molecule has 0 unspecified atom stereocenters. The normalized spacial score (nSPS) is 11.1. The lowest BCUT2D eigenvalue weighted by Crippen LogP contribution is -1.88. The van der Waals surface area contributed by atoms with E-state index in [1.54, 1.807) is 6.20 Å². The zero-order chi connectivity index (χ0) is 11.9. The minimum atomic E-state index is 1.03. The summed E-state index contributed by atoms with van der Waals surface area (Å²) in [6, 6.07) is 1.95. The van der Waals surface area contributed by atoms with Crippen molar-refractivity contribution < 1.29 is 0 Å². The highest BCUT2D eigenvalue weighted by molar-refractivity contribution is 5.73. The average molecular weight is 231 g/mol. The minimum absolute atomic E-state index is 1.03. The van der Waals surface area contributed by atoms with Gasteiger partial charge in [-0.15, -0.1) is 0 Å².